The maximum atomic E-state index is 14.2. The highest BCUT2D eigenvalue weighted by Gasteiger charge is 2.41. The van der Waals surface area contributed by atoms with Gasteiger partial charge in [0, 0.05) is 50.4 Å². The Labute approximate surface area is 205 Å². The molecule has 1 aromatic carbocycles. The van der Waals surface area contributed by atoms with E-state index in [4.69, 9.17) is 4.74 Å². The van der Waals surface area contributed by atoms with Gasteiger partial charge in [-0.15, -0.1) is 0 Å². The van der Waals surface area contributed by atoms with E-state index in [0.29, 0.717) is 41.3 Å². The minimum atomic E-state index is -2.73. The number of anilines is 1. The third-order valence-electron chi connectivity index (χ3n) is 5.54. The van der Waals surface area contributed by atoms with Crippen molar-refractivity contribution >= 4 is 36.1 Å². The summed E-state index contributed by atoms with van der Waals surface area (Å²) in [7, 11) is 0. The van der Waals surface area contributed by atoms with Crippen LogP contribution in [-0.4, -0.2) is 52.9 Å². The molecule has 10 heteroatoms. The molecule has 1 atom stereocenters. The molecule has 0 radical (unpaired) electrons. The second kappa shape index (κ2) is 12.0. The lowest BCUT2D eigenvalue weighted by Gasteiger charge is -2.32. The molecule has 3 heterocycles. The van der Waals surface area contributed by atoms with Crippen LogP contribution in [0.1, 0.15) is 27.2 Å². The number of ketones is 1. The van der Waals surface area contributed by atoms with Crippen LogP contribution in [0.2, 0.25) is 0 Å². The molecule has 0 unspecified atom stereocenters. The van der Waals surface area contributed by atoms with Crippen LogP contribution in [0.3, 0.4) is 0 Å². The van der Waals surface area contributed by atoms with Crippen LogP contribution in [0.5, 0.6) is 5.75 Å². The van der Waals surface area contributed by atoms with Crippen LogP contribution in [0.4, 0.5) is 14.6 Å². The normalized spacial score (nSPS) is 16.7. The number of nitrogens with zero attached hydrogens (tertiary/aromatic N) is 3. The first-order valence-electron chi connectivity index (χ1n) is 10.7. The largest absolute Gasteiger partial charge is 0.486 e. The summed E-state index contributed by atoms with van der Waals surface area (Å²) in [5, 5.41) is 6.10. The van der Waals surface area contributed by atoms with Crippen molar-refractivity contribution in [1.29, 1.82) is 0 Å². The topological polar surface area (TPSA) is 89.0 Å². The number of rotatable bonds is 8. The van der Waals surface area contributed by atoms with Gasteiger partial charge in [-0.3, -0.25) is 9.78 Å². The number of pyridine rings is 1. The first kappa shape index (κ1) is 27.4. The van der Waals surface area contributed by atoms with Crippen LogP contribution in [0.15, 0.2) is 42.7 Å². The lowest BCUT2D eigenvalue weighted by Crippen LogP contribution is -2.47. The summed E-state index contributed by atoms with van der Waals surface area (Å²) in [6.45, 7) is 2.46. The van der Waals surface area contributed by atoms with Gasteiger partial charge in [-0.2, -0.15) is 13.5 Å². The molecule has 0 spiro atoms. The molecule has 0 bridgehead atoms. The second-order valence-electron chi connectivity index (χ2n) is 7.78. The van der Waals surface area contributed by atoms with E-state index in [0.717, 1.165) is 5.56 Å². The first-order valence-corrected chi connectivity index (χ1v) is 10.7. The molecule has 0 amide bonds. The van der Waals surface area contributed by atoms with E-state index >= 15 is 0 Å². The van der Waals surface area contributed by atoms with Gasteiger partial charge in [0.1, 0.15) is 17.9 Å². The zero-order valence-corrected chi connectivity index (χ0v) is 19.3. The van der Waals surface area contributed by atoms with Crippen molar-refractivity contribution < 1.29 is 18.3 Å². The number of aromatic nitrogens is 3. The standard InChI is InChI=1S/C23H25F2N5O2.CH4.H2S/c1-2-17(31)14-32-18-5-3-15(4-6-18)19-11-20-21(28-10-9-27-20)22(30-19)29-13-16-12-26-8-7-23(16,24)25;;/h3-6,9-11,16,26H,2,7-8,12-14H2,1H3,(H,29,30);1H4;1H2/t16-;;/m0../s1. The number of nitrogens with one attached hydrogen (secondary N) is 2. The molecule has 1 fully saturated rings. The van der Waals surface area contributed by atoms with Gasteiger partial charge in [0.25, 0.3) is 5.92 Å². The summed E-state index contributed by atoms with van der Waals surface area (Å²) in [6, 6.07) is 9.00. The third-order valence-corrected chi connectivity index (χ3v) is 5.54. The quantitative estimate of drug-likeness (QED) is 0.481. The number of hydrogen-bond donors (Lipinski definition) is 2. The van der Waals surface area contributed by atoms with Crippen molar-refractivity contribution in [3.63, 3.8) is 0 Å². The summed E-state index contributed by atoms with van der Waals surface area (Å²) in [4.78, 5) is 24.8. The van der Waals surface area contributed by atoms with E-state index in [2.05, 4.69) is 25.6 Å². The molecule has 1 aliphatic rings. The molecule has 4 rings (SSSR count). The van der Waals surface area contributed by atoms with Crippen molar-refractivity contribution in [3.8, 4) is 17.0 Å². The molecule has 3 aromatic rings. The van der Waals surface area contributed by atoms with Gasteiger partial charge >= 0.3 is 0 Å². The maximum absolute atomic E-state index is 14.2. The van der Waals surface area contributed by atoms with Crippen molar-refractivity contribution in [2.24, 2.45) is 5.92 Å². The number of halogens is 2. The lowest BCUT2D eigenvalue weighted by atomic mass is 9.95. The molecular weight excluding hydrogens is 460 g/mol. The number of piperidine rings is 1. The molecule has 184 valence electrons. The summed E-state index contributed by atoms with van der Waals surface area (Å²) in [5.74, 6) is -2.54. The van der Waals surface area contributed by atoms with Gasteiger partial charge in [-0.1, -0.05) is 14.4 Å². The number of alkyl halides is 2. The number of hydrogen-bond acceptors (Lipinski definition) is 7. The van der Waals surface area contributed by atoms with Crippen LogP contribution in [0.25, 0.3) is 22.3 Å². The summed E-state index contributed by atoms with van der Waals surface area (Å²) in [6.07, 6.45) is 3.39. The Hall–Kier alpha value is -2.85. The molecule has 0 saturated carbocycles. The molecule has 2 aromatic heterocycles. The van der Waals surface area contributed by atoms with Crippen LogP contribution in [-0.2, 0) is 4.79 Å². The third kappa shape index (κ3) is 6.38. The smallest absolute Gasteiger partial charge is 0.255 e. The minimum Gasteiger partial charge on any atom is -0.486 e. The summed E-state index contributed by atoms with van der Waals surface area (Å²) >= 11 is 0. The molecule has 34 heavy (non-hydrogen) atoms. The van der Waals surface area contributed by atoms with Crippen molar-refractivity contribution in [2.75, 3.05) is 31.6 Å². The van der Waals surface area contributed by atoms with Crippen molar-refractivity contribution in [1.82, 2.24) is 20.3 Å². The van der Waals surface area contributed by atoms with Gasteiger partial charge in [-0.05, 0) is 30.3 Å². The average molecular weight is 492 g/mol. The van der Waals surface area contributed by atoms with Gasteiger partial charge in [0.2, 0.25) is 0 Å². The molecule has 1 aliphatic heterocycles. The Bertz CT molecular complexity index is 1100. The fourth-order valence-corrected chi connectivity index (χ4v) is 3.56. The van der Waals surface area contributed by atoms with Crippen LogP contribution >= 0.6 is 13.5 Å². The zero-order chi connectivity index (χ0) is 22.6. The molecular formula is C24H31F2N5O2S. The van der Waals surface area contributed by atoms with Gasteiger partial charge in [-0.25, -0.2) is 18.7 Å². The van der Waals surface area contributed by atoms with Gasteiger partial charge in [0.15, 0.2) is 11.6 Å². The van der Waals surface area contributed by atoms with Gasteiger partial charge in [0.05, 0.1) is 17.1 Å². The van der Waals surface area contributed by atoms with Crippen molar-refractivity contribution in [2.45, 2.75) is 33.1 Å². The Kier molecular flexibility index (Phi) is 9.69. The predicted octanol–water partition coefficient (Wildman–Crippen LogP) is 4.46. The SMILES string of the molecule is C.CCC(=O)COc1ccc(-c2cc3nccnc3c(NC[C@@H]3CNCCC3(F)F)n2)cc1.S. The number of Topliss-reactive ketones (excluding diaryl/α,β-unsaturated/α-hetero) is 1. The Morgan fingerprint density at radius 2 is 1.97 bits per heavy atom. The molecule has 0 aliphatic carbocycles. The Balaban J connectivity index is 0.00000204. The number of ether oxygens (including phenoxy) is 1. The van der Waals surface area contributed by atoms with E-state index in [1.807, 2.05) is 12.1 Å². The Morgan fingerprint density at radius 1 is 1.24 bits per heavy atom. The van der Waals surface area contributed by atoms with Crippen molar-refractivity contribution in [3.05, 3.63) is 42.7 Å². The zero-order valence-electron chi connectivity index (χ0n) is 18.3. The summed E-state index contributed by atoms with van der Waals surface area (Å²) in [5.41, 5.74) is 2.58. The van der Waals surface area contributed by atoms with E-state index in [1.165, 1.54) is 0 Å². The summed E-state index contributed by atoms with van der Waals surface area (Å²) < 4.78 is 34.0. The highest BCUT2D eigenvalue weighted by molar-refractivity contribution is 7.59. The maximum Gasteiger partial charge on any atom is 0.255 e. The number of carbonyl (C=O) groups is 1. The highest BCUT2D eigenvalue weighted by atomic mass is 32.1. The van der Waals surface area contributed by atoms with Crippen LogP contribution < -0.4 is 15.4 Å². The first-order chi connectivity index (χ1) is 15.5. The number of carbonyl (C=O) groups excluding carboxylic acids is 1. The number of benzene rings is 1. The van der Waals surface area contributed by atoms with E-state index in [-0.39, 0.29) is 52.8 Å². The molecule has 7 nitrogen and oxygen atoms in total. The minimum absolute atomic E-state index is 0. The Morgan fingerprint density at radius 3 is 2.68 bits per heavy atom. The highest BCUT2D eigenvalue weighted by Crippen LogP contribution is 2.32. The number of fused-ring (bicyclic) bond motifs is 1. The fraction of sp³-hybridized carbons (Fsp3) is 0.417. The molecule has 2 N–H and O–H groups in total. The molecule has 1 saturated heterocycles. The van der Waals surface area contributed by atoms with E-state index in [1.54, 1.807) is 37.5 Å². The lowest BCUT2D eigenvalue weighted by molar-refractivity contribution is -0.120. The van der Waals surface area contributed by atoms with Gasteiger partial charge < -0.3 is 15.4 Å². The fourth-order valence-electron chi connectivity index (χ4n) is 3.56. The second-order valence-corrected chi connectivity index (χ2v) is 7.78. The average Bonchev–Trinajstić information content (AvgIpc) is 2.81. The van der Waals surface area contributed by atoms with E-state index in [9.17, 15) is 13.6 Å². The van der Waals surface area contributed by atoms with Crippen LogP contribution in [0, 0.1) is 5.92 Å². The van der Waals surface area contributed by atoms with E-state index < -0.39 is 11.8 Å². The monoisotopic (exact) mass is 491 g/mol. The predicted molar refractivity (Wildman–Crippen MR) is 135 cm³/mol.